The maximum Gasteiger partial charge on any atom is 0.267 e. The molecule has 2 aliphatic rings. The number of aromatic nitrogens is 2. The van der Waals surface area contributed by atoms with E-state index in [0.29, 0.717) is 39.3 Å². The fourth-order valence-electron chi connectivity index (χ4n) is 4.83. The third-order valence-electron chi connectivity index (χ3n) is 6.81. The number of nitrogens with zero attached hydrogens (tertiary/aromatic N) is 4. The van der Waals surface area contributed by atoms with Crippen LogP contribution in [0.5, 0.6) is 0 Å². The first-order chi connectivity index (χ1) is 17.6. The van der Waals surface area contributed by atoms with Crippen molar-refractivity contribution in [2.24, 2.45) is 0 Å². The number of thiocarbonyl (C=S) groups is 1. The van der Waals surface area contributed by atoms with E-state index in [1.165, 1.54) is 42.2 Å². The van der Waals surface area contributed by atoms with Crippen molar-refractivity contribution < 1.29 is 4.79 Å². The smallest absolute Gasteiger partial charge is 0.267 e. The van der Waals surface area contributed by atoms with Gasteiger partial charge in [-0.1, -0.05) is 86.9 Å². The molecule has 1 amide bonds. The van der Waals surface area contributed by atoms with E-state index in [2.05, 4.69) is 30.0 Å². The van der Waals surface area contributed by atoms with Crippen molar-refractivity contribution in [2.75, 3.05) is 18.0 Å². The highest BCUT2D eigenvalue weighted by molar-refractivity contribution is 8.26. The van der Waals surface area contributed by atoms with E-state index in [1.807, 2.05) is 24.3 Å². The minimum atomic E-state index is -0.181. The summed E-state index contributed by atoms with van der Waals surface area (Å²) in [6.45, 7) is 4.24. The Morgan fingerprint density at radius 2 is 1.81 bits per heavy atom. The average molecular weight is 519 g/mol. The minimum Gasteiger partial charge on any atom is -0.351 e. The molecular formula is C28H30N4O2S2. The van der Waals surface area contributed by atoms with Crippen LogP contribution < -0.4 is 10.5 Å². The molecule has 0 spiro atoms. The van der Waals surface area contributed by atoms with Gasteiger partial charge in [-0.05, 0) is 42.2 Å². The second-order valence-corrected chi connectivity index (χ2v) is 10.9. The average Bonchev–Trinajstić information content (AvgIpc) is 3.17. The molecule has 1 aromatic carbocycles. The molecule has 0 atom stereocenters. The molecule has 1 fully saturated rings. The summed E-state index contributed by atoms with van der Waals surface area (Å²) in [5, 5.41) is 0. The van der Waals surface area contributed by atoms with Gasteiger partial charge in [0.1, 0.15) is 15.8 Å². The predicted octanol–water partition coefficient (Wildman–Crippen LogP) is 5.43. The number of anilines is 1. The van der Waals surface area contributed by atoms with Gasteiger partial charge in [0.15, 0.2) is 0 Å². The molecule has 6 nitrogen and oxygen atoms in total. The Morgan fingerprint density at radius 1 is 1.03 bits per heavy atom. The van der Waals surface area contributed by atoms with E-state index >= 15 is 0 Å². The van der Waals surface area contributed by atoms with Crippen LogP contribution in [0.1, 0.15) is 55.7 Å². The Labute approximate surface area is 221 Å². The third-order valence-corrected chi connectivity index (χ3v) is 8.19. The predicted molar refractivity (Wildman–Crippen MR) is 151 cm³/mol. The van der Waals surface area contributed by atoms with Crippen LogP contribution in [-0.4, -0.2) is 37.6 Å². The zero-order chi connectivity index (χ0) is 25.1. The lowest BCUT2D eigenvalue weighted by Gasteiger charge is -2.30. The van der Waals surface area contributed by atoms with Crippen molar-refractivity contribution in [3.63, 3.8) is 0 Å². The highest BCUT2D eigenvalue weighted by Gasteiger charge is 2.32. The molecular weight excluding hydrogens is 488 g/mol. The Hall–Kier alpha value is -2.97. The van der Waals surface area contributed by atoms with Gasteiger partial charge in [-0.2, -0.15) is 0 Å². The van der Waals surface area contributed by atoms with E-state index in [9.17, 15) is 9.59 Å². The summed E-state index contributed by atoms with van der Waals surface area (Å²) in [6, 6.07) is 13.9. The van der Waals surface area contributed by atoms with Gasteiger partial charge in [0.2, 0.25) is 0 Å². The van der Waals surface area contributed by atoms with E-state index < -0.39 is 0 Å². The van der Waals surface area contributed by atoms with Gasteiger partial charge in [0.05, 0.1) is 10.5 Å². The zero-order valence-electron chi connectivity index (χ0n) is 20.5. The number of benzene rings is 1. The summed E-state index contributed by atoms with van der Waals surface area (Å²) in [7, 11) is 0. The third kappa shape index (κ3) is 4.97. The SMILES string of the molecule is CCCCCCCN1C(=O)/C(=C/c2c(N3CCc4ccccc4C3)nc3ccccn3c2=O)SC1=S. The molecule has 3 aromatic rings. The first-order valence-corrected chi connectivity index (χ1v) is 13.9. The molecule has 186 valence electrons. The van der Waals surface area contributed by atoms with Crippen molar-refractivity contribution in [2.45, 2.75) is 52.0 Å². The van der Waals surface area contributed by atoms with Gasteiger partial charge in [0, 0.05) is 25.8 Å². The largest absolute Gasteiger partial charge is 0.351 e. The van der Waals surface area contributed by atoms with Crippen LogP contribution in [-0.2, 0) is 17.8 Å². The van der Waals surface area contributed by atoms with Crippen LogP contribution in [0.25, 0.3) is 11.7 Å². The fraction of sp³-hybridized carbons (Fsp3) is 0.357. The van der Waals surface area contributed by atoms with Crippen molar-refractivity contribution in [1.82, 2.24) is 14.3 Å². The van der Waals surface area contributed by atoms with Gasteiger partial charge in [-0.25, -0.2) is 4.98 Å². The first kappa shape index (κ1) is 24.7. The second kappa shape index (κ2) is 11.0. The molecule has 0 unspecified atom stereocenters. The summed E-state index contributed by atoms with van der Waals surface area (Å²) in [5.74, 6) is 0.499. The lowest BCUT2D eigenvalue weighted by atomic mass is 9.99. The van der Waals surface area contributed by atoms with Crippen LogP contribution in [0.15, 0.2) is 58.4 Å². The number of hydrogen-bond donors (Lipinski definition) is 0. The van der Waals surface area contributed by atoms with Crippen LogP contribution in [0.2, 0.25) is 0 Å². The number of thioether (sulfide) groups is 1. The molecule has 0 bridgehead atoms. The molecule has 5 rings (SSSR count). The van der Waals surface area contributed by atoms with Crippen molar-refractivity contribution >= 4 is 51.7 Å². The highest BCUT2D eigenvalue weighted by atomic mass is 32.2. The fourth-order valence-corrected chi connectivity index (χ4v) is 6.12. The number of fused-ring (bicyclic) bond motifs is 2. The van der Waals surface area contributed by atoms with Crippen molar-refractivity contribution in [3.05, 3.63) is 80.6 Å². The highest BCUT2D eigenvalue weighted by Crippen LogP contribution is 2.34. The van der Waals surface area contributed by atoms with Gasteiger partial charge in [-0.15, -0.1) is 0 Å². The van der Waals surface area contributed by atoms with Crippen molar-refractivity contribution in [1.29, 1.82) is 0 Å². The molecule has 0 aliphatic carbocycles. The van der Waals surface area contributed by atoms with Gasteiger partial charge >= 0.3 is 0 Å². The maximum absolute atomic E-state index is 13.7. The number of carbonyl (C=O) groups is 1. The lowest BCUT2D eigenvalue weighted by Crippen LogP contribution is -2.34. The maximum atomic E-state index is 13.7. The molecule has 36 heavy (non-hydrogen) atoms. The molecule has 2 aliphatic heterocycles. The molecule has 0 N–H and O–H groups in total. The summed E-state index contributed by atoms with van der Waals surface area (Å²) in [4.78, 5) is 36.1. The van der Waals surface area contributed by atoms with Crippen LogP contribution in [0.3, 0.4) is 0 Å². The number of carbonyl (C=O) groups excluding carboxylic acids is 1. The first-order valence-electron chi connectivity index (χ1n) is 12.7. The van der Waals surface area contributed by atoms with Gasteiger partial charge in [0.25, 0.3) is 11.5 Å². The lowest BCUT2D eigenvalue weighted by molar-refractivity contribution is -0.122. The zero-order valence-corrected chi connectivity index (χ0v) is 22.1. The van der Waals surface area contributed by atoms with E-state index in [0.717, 1.165) is 25.8 Å². The molecule has 2 aromatic heterocycles. The Bertz CT molecular complexity index is 1400. The number of pyridine rings is 1. The summed E-state index contributed by atoms with van der Waals surface area (Å²) < 4.78 is 2.10. The number of unbranched alkanes of at least 4 members (excludes halogenated alkanes) is 4. The summed E-state index contributed by atoms with van der Waals surface area (Å²) >= 11 is 6.82. The van der Waals surface area contributed by atoms with E-state index in [1.54, 1.807) is 21.6 Å². The van der Waals surface area contributed by atoms with Crippen LogP contribution in [0.4, 0.5) is 5.82 Å². The summed E-state index contributed by atoms with van der Waals surface area (Å²) in [6.07, 6.45) is 9.89. The Kier molecular flexibility index (Phi) is 7.53. The topological polar surface area (TPSA) is 57.9 Å². The number of hydrogen-bond acceptors (Lipinski definition) is 6. The van der Waals surface area contributed by atoms with Crippen LogP contribution in [0, 0.1) is 0 Å². The van der Waals surface area contributed by atoms with E-state index in [-0.39, 0.29) is 11.5 Å². The number of rotatable bonds is 8. The normalized spacial score (nSPS) is 16.9. The monoisotopic (exact) mass is 518 g/mol. The molecule has 0 saturated carbocycles. The number of amides is 1. The minimum absolute atomic E-state index is 0.118. The molecule has 4 heterocycles. The Morgan fingerprint density at radius 3 is 2.64 bits per heavy atom. The standard InChI is InChI=1S/C28H30N4O2S2/c1-2-3-4-5-9-16-32-27(34)23(36-28(32)35)18-22-25(29-24-13-8-10-15-31(24)26(22)33)30-17-14-20-11-6-7-12-21(20)19-30/h6-8,10-13,15,18H,2-5,9,14,16-17,19H2,1H3/b23-18-. The van der Waals surface area contributed by atoms with Gasteiger partial charge in [-0.3, -0.25) is 18.9 Å². The quantitative estimate of drug-likeness (QED) is 0.225. The molecule has 1 saturated heterocycles. The summed E-state index contributed by atoms with van der Waals surface area (Å²) in [5.41, 5.74) is 3.40. The van der Waals surface area contributed by atoms with Gasteiger partial charge < -0.3 is 4.90 Å². The molecule has 0 radical (unpaired) electrons. The van der Waals surface area contributed by atoms with Crippen LogP contribution >= 0.6 is 24.0 Å². The van der Waals surface area contributed by atoms with Crippen molar-refractivity contribution in [3.8, 4) is 0 Å². The Balaban J connectivity index is 1.49. The van der Waals surface area contributed by atoms with E-state index in [4.69, 9.17) is 17.2 Å². The molecule has 8 heteroatoms. The second-order valence-electron chi connectivity index (χ2n) is 9.27.